The number of nitrogens with zero attached hydrogens (tertiary/aromatic N) is 1. The first-order valence-corrected chi connectivity index (χ1v) is 6.49. The van der Waals surface area contributed by atoms with Crippen molar-refractivity contribution in [2.24, 2.45) is 11.8 Å². The Hall–Kier alpha value is -1.39. The average molecular weight is 245 g/mol. The fourth-order valence-electron chi connectivity index (χ4n) is 3.75. The van der Waals surface area contributed by atoms with E-state index >= 15 is 0 Å². The third-order valence-corrected chi connectivity index (χ3v) is 4.50. The Morgan fingerprint density at radius 1 is 1.17 bits per heavy atom. The smallest absolute Gasteiger partial charge is 0.235 e. The van der Waals surface area contributed by atoms with Crippen molar-refractivity contribution in [3.8, 4) is 0 Å². The molecule has 1 aromatic rings. The highest BCUT2D eigenvalue weighted by molar-refractivity contribution is 5.98. The van der Waals surface area contributed by atoms with Gasteiger partial charge in [-0.25, -0.2) is 0 Å². The minimum Gasteiger partial charge on any atom is -0.374 e. The predicted molar refractivity (Wildman–Crippen MR) is 64.8 cm³/mol. The summed E-state index contributed by atoms with van der Waals surface area (Å²) in [6.07, 6.45) is 1.27. The fraction of sp³-hybridized carbons (Fsp3) is 0.500. The molecular weight excluding hydrogens is 230 g/mol. The summed E-state index contributed by atoms with van der Waals surface area (Å²) in [5, 5.41) is 10.4. The molecular formula is C14H15NO3. The molecule has 2 bridgehead atoms. The van der Waals surface area contributed by atoms with Crippen LogP contribution in [-0.2, 0) is 9.53 Å². The molecule has 4 rings (SSSR count). The van der Waals surface area contributed by atoms with Crippen LogP contribution in [0.2, 0.25) is 0 Å². The second-order valence-electron chi connectivity index (χ2n) is 5.35. The largest absolute Gasteiger partial charge is 0.374 e. The van der Waals surface area contributed by atoms with E-state index in [1.165, 1.54) is 0 Å². The highest BCUT2D eigenvalue weighted by Crippen LogP contribution is 2.50. The van der Waals surface area contributed by atoms with Crippen LogP contribution < -0.4 is 4.90 Å². The molecule has 0 aromatic heterocycles. The molecule has 1 amide bonds. The molecule has 0 saturated carbocycles. The van der Waals surface area contributed by atoms with Gasteiger partial charge in [0.25, 0.3) is 0 Å². The monoisotopic (exact) mass is 245 g/mol. The van der Waals surface area contributed by atoms with Crippen molar-refractivity contribution in [2.75, 3.05) is 4.90 Å². The Labute approximate surface area is 105 Å². The molecule has 3 aliphatic rings. The summed E-state index contributed by atoms with van der Waals surface area (Å²) < 4.78 is 5.76. The third kappa shape index (κ3) is 1.19. The molecule has 3 saturated heterocycles. The summed E-state index contributed by atoms with van der Waals surface area (Å²) in [5.41, 5.74) is 0.781. The van der Waals surface area contributed by atoms with Gasteiger partial charge < -0.3 is 9.84 Å². The van der Waals surface area contributed by atoms with Gasteiger partial charge in [-0.05, 0) is 25.0 Å². The van der Waals surface area contributed by atoms with Crippen LogP contribution in [0.1, 0.15) is 12.8 Å². The van der Waals surface area contributed by atoms with Crippen LogP contribution in [0, 0.1) is 11.8 Å². The van der Waals surface area contributed by atoms with E-state index in [4.69, 9.17) is 4.74 Å². The molecule has 94 valence electrons. The lowest BCUT2D eigenvalue weighted by atomic mass is 9.81. The minimum absolute atomic E-state index is 0.0194. The molecule has 1 N–H and O–H groups in total. The number of anilines is 1. The average Bonchev–Trinajstić information content (AvgIpc) is 3.05. The van der Waals surface area contributed by atoms with Crippen molar-refractivity contribution < 1.29 is 14.6 Å². The van der Waals surface area contributed by atoms with Crippen LogP contribution in [0.4, 0.5) is 5.69 Å². The number of benzene rings is 1. The fourth-order valence-corrected chi connectivity index (χ4v) is 3.75. The van der Waals surface area contributed by atoms with Gasteiger partial charge in [-0.15, -0.1) is 0 Å². The normalized spacial score (nSPS) is 41.5. The Kier molecular flexibility index (Phi) is 2.08. The molecule has 5 atom stereocenters. The molecule has 4 heteroatoms. The Bertz CT molecular complexity index is 489. The molecule has 4 nitrogen and oxygen atoms in total. The Balaban J connectivity index is 1.73. The van der Waals surface area contributed by atoms with Gasteiger partial charge in [-0.3, -0.25) is 9.69 Å². The highest BCUT2D eigenvalue weighted by Gasteiger charge is 2.62. The SMILES string of the molecule is O=C1[C@@H]2[C@@H]([C@H]3CC[C@@H]2O3)[C@H](O)N1c1ccccc1. The standard InChI is InChI=1S/C14H15NO3/c16-13-11-9-6-7-10(18-9)12(11)14(17)15(13)8-4-2-1-3-5-8/h1-5,9-13,16H,6-7H2/t9-,10+,11-,12+,13+/m1/s1. The molecule has 1 aromatic carbocycles. The quantitative estimate of drug-likeness (QED) is 0.807. The number of hydrogen-bond donors (Lipinski definition) is 1. The first kappa shape index (κ1) is 10.5. The maximum atomic E-state index is 12.5. The summed E-state index contributed by atoms with van der Waals surface area (Å²) >= 11 is 0. The number of fused-ring (bicyclic) bond motifs is 5. The van der Waals surface area contributed by atoms with Crippen LogP contribution in [-0.4, -0.2) is 29.4 Å². The molecule has 3 aliphatic heterocycles. The number of aliphatic hydroxyl groups excluding tert-OH is 1. The van der Waals surface area contributed by atoms with Crippen molar-refractivity contribution >= 4 is 11.6 Å². The number of amides is 1. The summed E-state index contributed by atoms with van der Waals surface area (Å²) in [6.45, 7) is 0. The van der Waals surface area contributed by atoms with Gasteiger partial charge in [0.15, 0.2) is 0 Å². The van der Waals surface area contributed by atoms with E-state index in [9.17, 15) is 9.90 Å². The summed E-state index contributed by atoms with van der Waals surface area (Å²) in [4.78, 5) is 14.0. The van der Waals surface area contributed by atoms with Crippen LogP contribution in [0.15, 0.2) is 30.3 Å². The van der Waals surface area contributed by atoms with E-state index in [-0.39, 0.29) is 30.0 Å². The Morgan fingerprint density at radius 2 is 1.89 bits per heavy atom. The number of carbonyl (C=O) groups excluding carboxylic acids is 1. The van der Waals surface area contributed by atoms with E-state index in [1.54, 1.807) is 4.90 Å². The second kappa shape index (κ2) is 3.56. The lowest BCUT2D eigenvalue weighted by molar-refractivity contribution is -0.122. The van der Waals surface area contributed by atoms with Gasteiger partial charge in [0.1, 0.15) is 6.23 Å². The van der Waals surface area contributed by atoms with Crippen molar-refractivity contribution in [3.63, 3.8) is 0 Å². The van der Waals surface area contributed by atoms with Crippen molar-refractivity contribution in [1.29, 1.82) is 0 Å². The van der Waals surface area contributed by atoms with E-state index < -0.39 is 6.23 Å². The lowest BCUT2D eigenvalue weighted by Crippen LogP contribution is -2.38. The number of aliphatic hydroxyl groups is 1. The van der Waals surface area contributed by atoms with Crippen molar-refractivity contribution in [3.05, 3.63) is 30.3 Å². The number of rotatable bonds is 1. The molecule has 0 unspecified atom stereocenters. The van der Waals surface area contributed by atoms with Gasteiger partial charge in [-0.1, -0.05) is 18.2 Å². The first-order valence-electron chi connectivity index (χ1n) is 6.49. The van der Waals surface area contributed by atoms with Crippen molar-refractivity contribution in [1.82, 2.24) is 0 Å². The molecule has 0 aliphatic carbocycles. The molecule has 18 heavy (non-hydrogen) atoms. The number of ether oxygens (including phenoxy) is 1. The zero-order chi connectivity index (χ0) is 12.3. The first-order chi connectivity index (χ1) is 8.77. The lowest BCUT2D eigenvalue weighted by Gasteiger charge is -2.25. The highest BCUT2D eigenvalue weighted by atomic mass is 16.5. The van der Waals surface area contributed by atoms with Gasteiger partial charge in [0.2, 0.25) is 5.91 Å². The van der Waals surface area contributed by atoms with Crippen LogP contribution in [0.3, 0.4) is 0 Å². The maximum absolute atomic E-state index is 12.5. The molecule has 0 spiro atoms. The van der Waals surface area contributed by atoms with Crippen molar-refractivity contribution in [2.45, 2.75) is 31.3 Å². The second-order valence-corrected chi connectivity index (χ2v) is 5.35. The van der Waals surface area contributed by atoms with Gasteiger partial charge >= 0.3 is 0 Å². The minimum atomic E-state index is -0.736. The Morgan fingerprint density at radius 3 is 2.61 bits per heavy atom. The zero-order valence-corrected chi connectivity index (χ0v) is 9.90. The maximum Gasteiger partial charge on any atom is 0.235 e. The topological polar surface area (TPSA) is 49.8 Å². The van der Waals surface area contributed by atoms with Crippen LogP contribution in [0.25, 0.3) is 0 Å². The van der Waals surface area contributed by atoms with Gasteiger partial charge in [0, 0.05) is 11.6 Å². The van der Waals surface area contributed by atoms with Gasteiger partial charge in [-0.2, -0.15) is 0 Å². The van der Waals surface area contributed by atoms with E-state index in [0.29, 0.717) is 0 Å². The summed E-state index contributed by atoms with van der Waals surface area (Å²) in [5.74, 6) is -0.165. The molecule has 3 fully saturated rings. The number of carbonyl (C=O) groups is 1. The van der Waals surface area contributed by atoms with E-state index in [2.05, 4.69) is 0 Å². The van der Waals surface area contributed by atoms with Crippen LogP contribution in [0.5, 0.6) is 0 Å². The number of hydrogen-bond acceptors (Lipinski definition) is 3. The molecule has 3 heterocycles. The third-order valence-electron chi connectivity index (χ3n) is 4.50. The van der Waals surface area contributed by atoms with Gasteiger partial charge in [0.05, 0.1) is 18.1 Å². The summed E-state index contributed by atoms with van der Waals surface area (Å²) in [7, 11) is 0. The zero-order valence-electron chi connectivity index (χ0n) is 9.90. The van der Waals surface area contributed by atoms with Crippen LogP contribution >= 0.6 is 0 Å². The molecule has 0 radical (unpaired) electrons. The van der Waals surface area contributed by atoms with E-state index in [1.807, 2.05) is 30.3 Å². The predicted octanol–water partition coefficient (Wildman–Crippen LogP) is 1.15. The number of para-hydroxylation sites is 1. The van der Waals surface area contributed by atoms with E-state index in [0.717, 1.165) is 18.5 Å². The summed E-state index contributed by atoms with van der Waals surface area (Å²) in [6, 6.07) is 9.41.